The van der Waals surface area contributed by atoms with Crippen LogP contribution in [0.15, 0.2) is 104 Å². The molecule has 5 rings (SSSR count). The van der Waals surface area contributed by atoms with Crippen LogP contribution in [-0.4, -0.2) is 14.8 Å². The molecule has 1 N–H and O–H groups in total. The van der Waals surface area contributed by atoms with Gasteiger partial charge < -0.3 is 0 Å². The second kappa shape index (κ2) is 9.67. The van der Waals surface area contributed by atoms with Crippen molar-refractivity contribution < 1.29 is 13.2 Å². The van der Waals surface area contributed by atoms with Gasteiger partial charge in [-0.25, -0.2) is 4.98 Å². The van der Waals surface area contributed by atoms with E-state index in [1.807, 2.05) is 35.7 Å². The summed E-state index contributed by atoms with van der Waals surface area (Å²) in [7, 11) is 0. The van der Waals surface area contributed by atoms with E-state index in [9.17, 15) is 18.0 Å². The molecular formula is C25H15BrF3N5OS. The van der Waals surface area contributed by atoms with E-state index in [-0.39, 0.29) is 11.4 Å². The summed E-state index contributed by atoms with van der Waals surface area (Å²) in [6.45, 7) is 0. The van der Waals surface area contributed by atoms with E-state index in [0.29, 0.717) is 22.1 Å². The lowest BCUT2D eigenvalue weighted by atomic mass is 10.1. The summed E-state index contributed by atoms with van der Waals surface area (Å²) in [6, 6.07) is 21.3. The number of halogens is 4. The van der Waals surface area contributed by atoms with Crippen LogP contribution in [0.2, 0.25) is 0 Å². The fraction of sp³-hybridized carbons (Fsp3) is 0.0400. The molecule has 5 aromatic rings. The number of alkyl halides is 3. The summed E-state index contributed by atoms with van der Waals surface area (Å²) in [5, 5.41) is 13.0. The van der Waals surface area contributed by atoms with E-state index in [2.05, 4.69) is 36.2 Å². The maximum absolute atomic E-state index is 13.4. The second-order valence-electron chi connectivity index (χ2n) is 7.58. The van der Waals surface area contributed by atoms with Crippen LogP contribution in [0.4, 0.5) is 24.5 Å². The van der Waals surface area contributed by atoms with E-state index >= 15 is 0 Å². The molecule has 0 aliphatic carbocycles. The first-order valence-electron chi connectivity index (χ1n) is 10.5. The number of hydrogen-bond donors (Lipinski definition) is 1. The van der Waals surface area contributed by atoms with Crippen molar-refractivity contribution in [1.82, 2.24) is 14.8 Å². The number of nitrogens with one attached hydrogen (secondary N) is 1. The van der Waals surface area contributed by atoms with Crippen LogP contribution >= 0.6 is 27.3 Å². The Morgan fingerprint density at radius 2 is 1.58 bits per heavy atom. The van der Waals surface area contributed by atoms with Crippen LogP contribution < -0.4 is 5.56 Å². The highest BCUT2D eigenvalue weighted by Crippen LogP contribution is 2.37. The maximum atomic E-state index is 13.4. The topological polar surface area (TPSA) is 75.4 Å². The average molecular weight is 570 g/mol. The zero-order chi connectivity index (χ0) is 25.3. The summed E-state index contributed by atoms with van der Waals surface area (Å²) in [4.78, 5) is 17.9. The molecule has 0 saturated heterocycles. The van der Waals surface area contributed by atoms with Gasteiger partial charge in [-0.1, -0.05) is 70.5 Å². The Morgan fingerprint density at radius 3 is 2.31 bits per heavy atom. The third-order valence-electron chi connectivity index (χ3n) is 5.22. The Hall–Kier alpha value is -3.83. The van der Waals surface area contributed by atoms with E-state index in [4.69, 9.17) is 0 Å². The van der Waals surface area contributed by atoms with Crippen molar-refractivity contribution in [3.8, 4) is 27.6 Å². The standard InChI is InChI=1S/C25H15BrF3N5OS/c26-17-12-10-15(11-13-17)20-14-36-24(30-20)34-23(35)22(21(33-34)16-6-2-1-3-7-16)32-31-19-9-5-4-8-18(19)25(27,28)29/h1-14,33H. The van der Waals surface area contributed by atoms with Crippen molar-refractivity contribution in [2.45, 2.75) is 6.18 Å². The quantitative estimate of drug-likeness (QED) is 0.217. The Bertz CT molecular complexity index is 1610. The van der Waals surface area contributed by atoms with Gasteiger partial charge in [-0.3, -0.25) is 9.89 Å². The second-order valence-corrected chi connectivity index (χ2v) is 9.33. The molecule has 0 saturated carbocycles. The molecule has 180 valence electrons. The van der Waals surface area contributed by atoms with Crippen LogP contribution in [0.1, 0.15) is 5.56 Å². The van der Waals surface area contributed by atoms with Gasteiger partial charge >= 0.3 is 11.7 Å². The average Bonchev–Trinajstić information content (AvgIpc) is 3.48. The number of aromatic nitrogens is 3. The Morgan fingerprint density at radius 1 is 0.889 bits per heavy atom. The van der Waals surface area contributed by atoms with Gasteiger partial charge in [0, 0.05) is 21.0 Å². The number of aromatic amines is 1. The molecule has 3 aromatic carbocycles. The minimum atomic E-state index is -4.61. The van der Waals surface area contributed by atoms with Crippen LogP contribution in [0.5, 0.6) is 0 Å². The molecule has 0 amide bonds. The number of azo groups is 1. The number of hydrogen-bond acceptors (Lipinski definition) is 5. The number of thiazole rings is 1. The lowest BCUT2D eigenvalue weighted by molar-refractivity contribution is -0.137. The van der Waals surface area contributed by atoms with E-state index < -0.39 is 17.3 Å². The fourth-order valence-corrected chi connectivity index (χ4v) is 4.54. The van der Waals surface area contributed by atoms with Gasteiger partial charge in [-0.15, -0.1) is 21.6 Å². The van der Waals surface area contributed by atoms with Gasteiger partial charge in [0.05, 0.1) is 22.6 Å². The van der Waals surface area contributed by atoms with Crippen molar-refractivity contribution in [3.05, 3.63) is 105 Å². The Labute approximate surface area is 214 Å². The summed E-state index contributed by atoms with van der Waals surface area (Å²) in [5.41, 5.74) is 0.440. The number of H-pyrrole nitrogens is 1. The lowest BCUT2D eigenvalue weighted by Gasteiger charge is -2.08. The molecule has 11 heteroatoms. The van der Waals surface area contributed by atoms with E-state index in [0.717, 1.165) is 16.1 Å². The number of benzene rings is 3. The van der Waals surface area contributed by atoms with Gasteiger partial charge in [-0.2, -0.15) is 17.9 Å². The van der Waals surface area contributed by atoms with Crippen molar-refractivity contribution in [2.75, 3.05) is 0 Å². The van der Waals surface area contributed by atoms with Crippen molar-refractivity contribution in [3.63, 3.8) is 0 Å². The highest BCUT2D eigenvalue weighted by molar-refractivity contribution is 9.10. The molecule has 0 aliphatic heterocycles. The molecule has 0 fully saturated rings. The minimum Gasteiger partial charge on any atom is -0.286 e. The van der Waals surface area contributed by atoms with Crippen molar-refractivity contribution in [1.29, 1.82) is 0 Å². The fourth-order valence-electron chi connectivity index (χ4n) is 3.49. The van der Waals surface area contributed by atoms with Gasteiger partial charge in [0.15, 0.2) is 5.69 Å². The largest absolute Gasteiger partial charge is 0.418 e. The molecule has 2 aromatic heterocycles. The van der Waals surface area contributed by atoms with E-state index in [1.165, 1.54) is 34.2 Å². The molecule has 36 heavy (non-hydrogen) atoms. The van der Waals surface area contributed by atoms with E-state index in [1.54, 1.807) is 24.3 Å². The highest BCUT2D eigenvalue weighted by atomic mass is 79.9. The Kier molecular flexibility index (Phi) is 6.42. The van der Waals surface area contributed by atoms with Gasteiger partial charge in [0.25, 0.3) is 0 Å². The first-order valence-corrected chi connectivity index (χ1v) is 12.2. The van der Waals surface area contributed by atoms with Crippen LogP contribution in [0, 0.1) is 0 Å². The number of nitrogens with zero attached hydrogens (tertiary/aromatic N) is 4. The summed E-state index contributed by atoms with van der Waals surface area (Å²) >= 11 is 4.64. The molecule has 0 spiro atoms. The molecule has 0 atom stereocenters. The lowest BCUT2D eigenvalue weighted by Crippen LogP contribution is -2.13. The monoisotopic (exact) mass is 569 g/mol. The van der Waals surface area contributed by atoms with Crippen LogP contribution in [-0.2, 0) is 6.18 Å². The SMILES string of the molecule is O=c1c(N=Nc2ccccc2C(F)(F)F)c(-c2ccccc2)[nH]n1-c1nc(-c2ccc(Br)cc2)cs1. The first-order chi connectivity index (χ1) is 17.3. The third-order valence-corrected chi connectivity index (χ3v) is 6.57. The van der Waals surface area contributed by atoms with Gasteiger partial charge in [-0.05, 0) is 24.3 Å². The van der Waals surface area contributed by atoms with Gasteiger partial charge in [0.2, 0.25) is 5.13 Å². The highest BCUT2D eigenvalue weighted by Gasteiger charge is 2.33. The van der Waals surface area contributed by atoms with Crippen molar-refractivity contribution >= 4 is 38.6 Å². The molecule has 2 heterocycles. The normalized spacial score (nSPS) is 11.9. The third kappa shape index (κ3) is 4.79. The minimum absolute atomic E-state index is 0.126. The molecular weight excluding hydrogens is 555 g/mol. The molecule has 0 radical (unpaired) electrons. The first kappa shape index (κ1) is 23.9. The predicted octanol–water partition coefficient (Wildman–Crippen LogP) is 8.15. The zero-order valence-corrected chi connectivity index (χ0v) is 20.6. The molecule has 0 aliphatic rings. The van der Waals surface area contributed by atoms with Crippen LogP contribution in [0.25, 0.3) is 27.6 Å². The summed E-state index contributed by atoms with van der Waals surface area (Å²) < 4.78 is 42.4. The maximum Gasteiger partial charge on any atom is 0.418 e. The zero-order valence-electron chi connectivity index (χ0n) is 18.2. The smallest absolute Gasteiger partial charge is 0.286 e. The van der Waals surface area contributed by atoms with Gasteiger partial charge in [0.1, 0.15) is 0 Å². The summed E-state index contributed by atoms with van der Waals surface area (Å²) in [6.07, 6.45) is -4.61. The van der Waals surface area contributed by atoms with Crippen LogP contribution in [0.3, 0.4) is 0 Å². The number of rotatable bonds is 5. The Balaban J connectivity index is 1.61. The molecule has 0 unspecified atom stereocenters. The predicted molar refractivity (Wildman–Crippen MR) is 136 cm³/mol. The molecule has 6 nitrogen and oxygen atoms in total. The van der Waals surface area contributed by atoms with Crippen molar-refractivity contribution in [2.24, 2.45) is 10.2 Å². The summed E-state index contributed by atoms with van der Waals surface area (Å²) in [5.74, 6) is 0. The molecule has 0 bridgehead atoms.